The Morgan fingerprint density at radius 2 is 1.73 bits per heavy atom. The van der Waals surface area contributed by atoms with Gasteiger partial charge in [0.1, 0.15) is 5.60 Å². The van der Waals surface area contributed by atoms with E-state index < -0.39 is 21.4 Å². The third-order valence-corrected chi connectivity index (χ3v) is 5.63. The summed E-state index contributed by atoms with van der Waals surface area (Å²) in [7, 11) is -3.62. The predicted molar refractivity (Wildman–Crippen MR) is 90.2 cm³/mol. The van der Waals surface area contributed by atoms with Gasteiger partial charge in [-0.2, -0.15) is 0 Å². The van der Waals surface area contributed by atoms with Crippen LogP contribution in [0.4, 0.5) is 0 Å². The zero-order valence-electron chi connectivity index (χ0n) is 13.0. The summed E-state index contributed by atoms with van der Waals surface area (Å²) in [6.45, 7) is 6.79. The van der Waals surface area contributed by atoms with Crippen LogP contribution in [-0.2, 0) is 19.4 Å². The number of esters is 1. The van der Waals surface area contributed by atoms with E-state index in [0.717, 1.165) is 11.0 Å². The van der Waals surface area contributed by atoms with Gasteiger partial charge in [0.05, 0.1) is 4.90 Å². The molecule has 0 aliphatic carbocycles. The number of benzene rings is 1. The Labute approximate surface area is 139 Å². The Bertz CT molecular complexity index is 697. The van der Waals surface area contributed by atoms with E-state index in [-0.39, 0.29) is 9.38 Å². The van der Waals surface area contributed by atoms with Gasteiger partial charge in [0.25, 0.3) is 0 Å². The molecule has 0 atom stereocenters. The molecule has 0 saturated heterocycles. The lowest BCUT2D eigenvalue weighted by Gasteiger charge is -2.24. The zero-order valence-corrected chi connectivity index (χ0v) is 15.4. The van der Waals surface area contributed by atoms with Gasteiger partial charge in [-0.25, -0.2) is 13.2 Å². The Morgan fingerprint density at radius 1 is 1.18 bits per heavy atom. The van der Waals surface area contributed by atoms with Crippen molar-refractivity contribution < 1.29 is 17.9 Å². The average molecular weight is 387 g/mol. The highest BCUT2D eigenvalue weighted by atomic mass is 79.9. The molecule has 0 unspecified atom stereocenters. The van der Waals surface area contributed by atoms with Crippen LogP contribution < -0.4 is 0 Å². The molecule has 6 heteroatoms. The molecule has 120 valence electrons. The maximum atomic E-state index is 12.3. The highest BCUT2D eigenvalue weighted by Gasteiger charge is 2.28. The molecule has 1 aromatic rings. The summed E-state index contributed by atoms with van der Waals surface area (Å²) in [5.41, 5.74) is -0.289. The third-order valence-electron chi connectivity index (χ3n) is 2.67. The Morgan fingerprint density at radius 3 is 2.23 bits per heavy atom. The first-order chi connectivity index (χ1) is 10.0. The lowest BCUT2D eigenvalue weighted by molar-refractivity contribution is -0.146. The van der Waals surface area contributed by atoms with Gasteiger partial charge in [-0.15, -0.1) is 0 Å². The Kier molecular flexibility index (Phi) is 6.14. The van der Waals surface area contributed by atoms with Gasteiger partial charge in [0.15, 0.2) is 0 Å². The van der Waals surface area contributed by atoms with Crippen molar-refractivity contribution in [3.05, 3.63) is 51.9 Å². The molecule has 1 aromatic carbocycles. The highest BCUT2D eigenvalue weighted by Crippen LogP contribution is 2.29. The summed E-state index contributed by atoms with van der Waals surface area (Å²) in [6.07, 6.45) is 1.35. The molecule has 4 nitrogen and oxygen atoms in total. The minimum Gasteiger partial charge on any atom is -0.451 e. The number of hydrogen-bond acceptors (Lipinski definition) is 4. The zero-order chi connectivity index (χ0) is 17.0. The standard InChI is InChI=1S/C16H19BrO4S/c1-12(2)10-15(18)21-16(3,4)14(17)11-22(19,20)13-8-6-5-7-9-13/h5-11H,1-4H3/b14-11+. The fourth-order valence-electron chi connectivity index (χ4n) is 1.52. The van der Waals surface area contributed by atoms with Crippen LogP contribution in [0.2, 0.25) is 0 Å². The van der Waals surface area contributed by atoms with Crippen LogP contribution in [0.25, 0.3) is 0 Å². The van der Waals surface area contributed by atoms with Gasteiger partial charge in [-0.1, -0.05) is 39.7 Å². The van der Waals surface area contributed by atoms with E-state index in [1.54, 1.807) is 45.9 Å². The predicted octanol–water partition coefficient (Wildman–Crippen LogP) is 3.98. The summed E-state index contributed by atoms with van der Waals surface area (Å²) in [5.74, 6) is -0.521. The van der Waals surface area contributed by atoms with E-state index >= 15 is 0 Å². The van der Waals surface area contributed by atoms with E-state index in [4.69, 9.17) is 4.74 Å². The fraction of sp³-hybridized carbons (Fsp3) is 0.312. The smallest absolute Gasteiger partial charge is 0.331 e. The van der Waals surface area contributed by atoms with E-state index in [1.165, 1.54) is 18.2 Å². The lowest BCUT2D eigenvalue weighted by atomic mass is 10.1. The normalized spacial score (nSPS) is 12.7. The number of sulfone groups is 1. The molecule has 0 spiro atoms. The molecular weight excluding hydrogens is 368 g/mol. The molecule has 1 rings (SSSR count). The van der Waals surface area contributed by atoms with E-state index in [9.17, 15) is 13.2 Å². The van der Waals surface area contributed by atoms with Crippen molar-refractivity contribution in [3.63, 3.8) is 0 Å². The van der Waals surface area contributed by atoms with E-state index in [2.05, 4.69) is 15.9 Å². The van der Waals surface area contributed by atoms with Crippen LogP contribution in [0.3, 0.4) is 0 Å². The summed E-state index contributed by atoms with van der Waals surface area (Å²) in [6, 6.07) is 8.05. The SMILES string of the molecule is CC(C)=CC(=O)OC(C)(C)/C(Br)=C\S(=O)(=O)c1ccccc1. The van der Waals surface area contributed by atoms with Crippen molar-refractivity contribution in [1.29, 1.82) is 0 Å². The lowest BCUT2D eigenvalue weighted by Crippen LogP contribution is -2.28. The minimum absolute atomic E-state index is 0.179. The van der Waals surface area contributed by atoms with Gasteiger partial charge in [-0.3, -0.25) is 0 Å². The van der Waals surface area contributed by atoms with Crippen LogP contribution >= 0.6 is 15.9 Å². The summed E-state index contributed by atoms with van der Waals surface area (Å²) in [4.78, 5) is 11.9. The first-order valence-corrected chi connectivity index (χ1v) is 8.94. The van der Waals surface area contributed by atoms with E-state index in [0.29, 0.717) is 0 Å². The van der Waals surface area contributed by atoms with Gasteiger partial charge in [-0.05, 0) is 39.8 Å². The summed E-state index contributed by atoms with van der Waals surface area (Å²) < 4.78 is 30.1. The Balaban J connectivity index is 3.05. The van der Waals surface area contributed by atoms with Crippen LogP contribution in [0, 0.1) is 0 Å². The van der Waals surface area contributed by atoms with E-state index in [1.807, 2.05) is 0 Å². The highest BCUT2D eigenvalue weighted by molar-refractivity contribution is 9.11. The van der Waals surface area contributed by atoms with Crippen molar-refractivity contribution in [2.75, 3.05) is 0 Å². The number of allylic oxidation sites excluding steroid dienone is 1. The maximum Gasteiger partial charge on any atom is 0.331 e. The molecule has 0 fully saturated rings. The van der Waals surface area contributed by atoms with Gasteiger partial charge in [0, 0.05) is 16.0 Å². The number of rotatable bonds is 5. The topological polar surface area (TPSA) is 60.4 Å². The van der Waals surface area contributed by atoms with Crippen LogP contribution in [0.1, 0.15) is 27.7 Å². The number of carbonyl (C=O) groups excluding carboxylic acids is 1. The molecule has 0 N–H and O–H groups in total. The van der Waals surface area contributed by atoms with Crippen molar-refractivity contribution in [3.8, 4) is 0 Å². The second kappa shape index (κ2) is 7.24. The number of ether oxygens (including phenoxy) is 1. The molecule has 0 amide bonds. The number of halogens is 1. The molecule has 0 saturated carbocycles. The number of hydrogen-bond donors (Lipinski definition) is 0. The van der Waals surface area contributed by atoms with Gasteiger partial charge in [0.2, 0.25) is 9.84 Å². The first kappa shape index (κ1) is 18.6. The summed E-state index contributed by atoms with van der Waals surface area (Å²) in [5, 5.41) is 1.07. The second-order valence-corrected chi connectivity index (χ2v) is 8.13. The van der Waals surface area contributed by atoms with Crippen LogP contribution in [-0.4, -0.2) is 20.0 Å². The minimum atomic E-state index is -3.62. The van der Waals surface area contributed by atoms with Gasteiger partial charge >= 0.3 is 5.97 Å². The molecule has 0 heterocycles. The van der Waals surface area contributed by atoms with Crippen LogP contribution in [0.5, 0.6) is 0 Å². The molecule has 0 radical (unpaired) electrons. The average Bonchev–Trinajstić information content (AvgIpc) is 2.37. The van der Waals surface area contributed by atoms with Crippen molar-refractivity contribution in [2.24, 2.45) is 0 Å². The number of carbonyl (C=O) groups is 1. The third kappa shape index (κ3) is 5.42. The van der Waals surface area contributed by atoms with Crippen molar-refractivity contribution >= 4 is 31.7 Å². The first-order valence-electron chi connectivity index (χ1n) is 6.60. The molecule has 0 aromatic heterocycles. The molecular formula is C16H19BrO4S. The quantitative estimate of drug-likeness (QED) is 0.566. The van der Waals surface area contributed by atoms with Crippen LogP contribution in [0.15, 0.2) is 56.8 Å². The monoisotopic (exact) mass is 386 g/mol. The second-order valence-electron chi connectivity index (χ2n) is 5.48. The molecule has 22 heavy (non-hydrogen) atoms. The fourth-order valence-corrected chi connectivity index (χ4v) is 3.57. The summed E-state index contributed by atoms with van der Waals surface area (Å²) >= 11 is 3.21. The van der Waals surface area contributed by atoms with Gasteiger partial charge < -0.3 is 4.74 Å². The maximum absolute atomic E-state index is 12.3. The van der Waals surface area contributed by atoms with Crippen molar-refractivity contribution in [2.45, 2.75) is 38.2 Å². The van der Waals surface area contributed by atoms with Crippen molar-refractivity contribution in [1.82, 2.24) is 0 Å². The molecule has 0 aliphatic heterocycles. The Hall–Kier alpha value is -1.40. The largest absolute Gasteiger partial charge is 0.451 e. The molecule has 0 bridgehead atoms. The molecule has 0 aliphatic rings.